The van der Waals surface area contributed by atoms with Gasteiger partial charge in [0.2, 0.25) is 5.91 Å². The van der Waals surface area contributed by atoms with E-state index in [2.05, 4.69) is 5.32 Å². The first kappa shape index (κ1) is 13.8. The van der Waals surface area contributed by atoms with Crippen LogP contribution in [0.25, 0.3) is 0 Å². The highest BCUT2D eigenvalue weighted by molar-refractivity contribution is 6.31. The average Bonchev–Trinajstić information content (AvgIpc) is 2.75. The molecule has 0 spiro atoms. The molecule has 19 heavy (non-hydrogen) atoms. The minimum atomic E-state index is -0.549. The third-order valence-corrected chi connectivity index (χ3v) is 3.49. The van der Waals surface area contributed by atoms with Crippen LogP contribution in [0, 0.1) is 16.0 Å². The van der Waals surface area contributed by atoms with Crippen molar-refractivity contribution in [1.29, 1.82) is 0 Å². The van der Waals surface area contributed by atoms with Crippen molar-refractivity contribution >= 4 is 28.9 Å². The van der Waals surface area contributed by atoms with Crippen LogP contribution >= 0.6 is 11.6 Å². The van der Waals surface area contributed by atoms with Gasteiger partial charge in [-0.25, -0.2) is 0 Å². The molecule has 0 saturated heterocycles. The summed E-state index contributed by atoms with van der Waals surface area (Å²) in [7, 11) is 0. The molecule has 2 atom stereocenters. The lowest BCUT2D eigenvalue weighted by atomic mass is 10.1. The number of amides is 1. The molecule has 1 aromatic rings. The van der Waals surface area contributed by atoms with E-state index in [9.17, 15) is 14.9 Å². The topological polar surface area (TPSA) is 98.3 Å². The summed E-state index contributed by atoms with van der Waals surface area (Å²) in [6.45, 7) is 0. The summed E-state index contributed by atoms with van der Waals surface area (Å²) < 4.78 is 0. The minimum absolute atomic E-state index is 0.0325. The molecule has 1 amide bonds. The monoisotopic (exact) mass is 283 g/mol. The van der Waals surface area contributed by atoms with E-state index in [0.717, 1.165) is 6.42 Å². The molecule has 0 bridgehead atoms. The number of carbonyl (C=O) groups is 1. The molecule has 0 aliphatic heterocycles. The van der Waals surface area contributed by atoms with E-state index in [1.54, 1.807) is 0 Å². The van der Waals surface area contributed by atoms with Crippen LogP contribution in [0.2, 0.25) is 5.02 Å². The summed E-state index contributed by atoms with van der Waals surface area (Å²) in [5, 5.41) is 13.8. The highest BCUT2D eigenvalue weighted by atomic mass is 35.5. The van der Waals surface area contributed by atoms with Crippen LogP contribution in [0.4, 0.5) is 11.4 Å². The second-order valence-corrected chi connectivity index (χ2v) is 5.11. The molecule has 1 aromatic carbocycles. The molecule has 0 radical (unpaired) electrons. The second-order valence-electron chi connectivity index (χ2n) is 4.68. The van der Waals surface area contributed by atoms with E-state index in [4.69, 9.17) is 17.3 Å². The van der Waals surface area contributed by atoms with Crippen LogP contribution < -0.4 is 11.1 Å². The zero-order valence-electron chi connectivity index (χ0n) is 10.1. The van der Waals surface area contributed by atoms with Gasteiger partial charge in [-0.05, 0) is 31.4 Å². The summed E-state index contributed by atoms with van der Waals surface area (Å²) in [4.78, 5) is 22.3. The first-order valence-electron chi connectivity index (χ1n) is 5.97. The van der Waals surface area contributed by atoms with Crippen molar-refractivity contribution in [3.05, 3.63) is 33.3 Å². The number of benzene rings is 1. The fourth-order valence-electron chi connectivity index (χ4n) is 2.26. The summed E-state index contributed by atoms with van der Waals surface area (Å²) >= 11 is 5.79. The molecule has 7 heteroatoms. The van der Waals surface area contributed by atoms with Gasteiger partial charge in [0, 0.05) is 23.0 Å². The average molecular weight is 284 g/mol. The Labute approximate surface area is 115 Å². The molecule has 102 valence electrons. The number of nitro benzene ring substituents is 1. The Morgan fingerprint density at radius 3 is 2.79 bits per heavy atom. The molecule has 2 rings (SSSR count). The van der Waals surface area contributed by atoms with Crippen LogP contribution in [0.3, 0.4) is 0 Å². The Morgan fingerprint density at radius 1 is 1.47 bits per heavy atom. The van der Waals surface area contributed by atoms with Crippen molar-refractivity contribution < 1.29 is 9.72 Å². The maximum Gasteiger partial charge on any atom is 0.292 e. The number of carbonyl (C=O) groups excluding carboxylic acids is 1. The van der Waals surface area contributed by atoms with Crippen LogP contribution in [0.1, 0.15) is 19.3 Å². The van der Waals surface area contributed by atoms with Gasteiger partial charge in [0.1, 0.15) is 5.69 Å². The van der Waals surface area contributed by atoms with Crippen molar-refractivity contribution in [3.63, 3.8) is 0 Å². The molecule has 0 aromatic heterocycles. The van der Waals surface area contributed by atoms with Gasteiger partial charge in [-0.3, -0.25) is 14.9 Å². The van der Waals surface area contributed by atoms with E-state index in [1.165, 1.54) is 18.2 Å². The third kappa shape index (κ3) is 3.21. The van der Waals surface area contributed by atoms with Crippen LogP contribution in [-0.2, 0) is 4.79 Å². The number of hydrogen-bond acceptors (Lipinski definition) is 4. The Morgan fingerprint density at radius 2 is 2.21 bits per heavy atom. The van der Waals surface area contributed by atoms with Gasteiger partial charge < -0.3 is 11.1 Å². The molecule has 6 nitrogen and oxygen atoms in total. The van der Waals surface area contributed by atoms with E-state index in [1.807, 2.05) is 0 Å². The number of anilines is 1. The molecule has 1 saturated carbocycles. The van der Waals surface area contributed by atoms with E-state index >= 15 is 0 Å². The van der Waals surface area contributed by atoms with E-state index in [-0.39, 0.29) is 29.2 Å². The fourth-order valence-corrected chi connectivity index (χ4v) is 2.43. The minimum Gasteiger partial charge on any atom is -0.328 e. The predicted octanol–water partition coefficient (Wildman–Crippen LogP) is 2.31. The summed E-state index contributed by atoms with van der Waals surface area (Å²) in [5.41, 5.74) is 5.71. The Balaban J connectivity index is 2.16. The van der Waals surface area contributed by atoms with Gasteiger partial charge in [0.25, 0.3) is 5.69 Å². The largest absolute Gasteiger partial charge is 0.328 e. The molecule has 1 aliphatic carbocycles. The predicted molar refractivity (Wildman–Crippen MR) is 72.1 cm³/mol. The Hall–Kier alpha value is -1.66. The smallest absolute Gasteiger partial charge is 0.292 e. The van der Waals surface area contributed by atoms with Gasteiger partial charge >= 0.3 is 0 Å². The summed E-state index contributed by atoms with van der Waals surface area (Å²) in [5.74, 6) is -0.424. The normalized spacial score (nSPS) is 22.2. The zero-order valence-corrected chi connectivity index (χ0v) is 10.9. The first-order valence-corrected chi connectivity index (χ1v) is 6.35. The van der Waals surface area contributed by atoms with Crippen LogP contribution in [0.5, 0.6) is 0 Å². The number of halogens is 1. The Bertz CT molecular complexity index is 521. The second kappa shape index (κ2) is 5.54. The van der Waals surface area contributed by atoms with Crippen molar-refractivity contribution in [3.8, 4) is 0 Å². The van der Waals surface area contributed by atoms with Gasteiger partial charge in [-0.1, -0.05) is 11.6 Å². The van der Waals surface area contributed by atoms with Crippen LogP contribution in [-0.4, -0.2) is 16.9 Å². The van der Waals surface area contributed by atoms with Gasteiger partial charge in [0.15, 0.2) is 0 Å². The van der Waals surface area contributed by atoms with Crippen molar-refractivity contribution in [2.24, 2.45) is 11.7 Å². The lowest BCUT2D eigenvalue weighted by molar-refractivity contribution is -0.383. The third-order valence-electron chi connectivity index (χ3n) is 3.26. The highest BCUT2D eigenvalue weighted by Crippen LogP contribution is 2.30. The lowest BCUT2D eigenvalue weighted by Crippen LogP contribution is -2.23. The molecular weight excluding hydrogens is 270 g/mol. The van der Waals surface area contributed by atoms with Crippen molar-refractivity contribution in [1.82, 2.24) is 0 Å². The lowest BCUT2D eigenvalue weighted by Gasteiger charge is -2.11. The number of hydrogen-bond donors (Lipinski definition) is 2. The molecule has 1 aliphatic rings. The molecular formula is C12H14ClN3O3. The molecule has 3 N–H and O–H groups in total. The van der Waals surface area contributed by atoms with Crippen molar-refractivity contribution in [2.75, 3.05) is 5.32 Å². The summed E-state index contributed by atoms with van der Waals surface area (Å²) in [6, 6.07) is 4.11. The van der Waals surface area contributed by atoms with Gasteiger partial charge in [-0.15, -0.1) is 0 Å². The van der Waals surface area contributed by atoms with E-state index in [0.29, 0.717) is 17.9 Å². The first-order chi connectivity index (χ1) is 8.97. The number of nitrogens with one attached hydrogen (secondary N) is 1. The molecule has 0 heterocycles. The maximum absolute atomic E-state index is 12.0. The quantitative estimate of drug-likeness (QED) is 0.657. The number of nitro groups is 1. The molecule has 2 unspecified atom stereocenters. The number of nitrogens with two attached hydrogens (primary N) is 1. The van der Waals surface area contributed by atoms with Crippen LogP contribution in [0.15, 0.2) is 18.2 Å². The highest BCUT2D eigenvalue weighted by Gasteiger charge is 2.29. The van der Waals surface area contributed by atoms with E-state index < -0.39 is 4.92 Å². The van der Waals surface area contributed by atoms with Crippen molar-refractivity contribution in [2.45, 2.75) is 25.3 Å². The zero-order chi connectivity index (χ0) is 14.0. The SMILES string of the molecule is NC1CCC(C(=O)Nc2cc(Cl)ccc2[N+](=O)[O-])C1. The molecule has 1 fully saturated rings. The Kier molecular flexibility index (Phi) is 4.01. The van der Waals surface area contributed by atoms with Gasteiger partial charge in [-0.2, -0.15) is 0 Å². The standard InChI is InChI=1S/C12H14ClN3O3/c13-8-2-4-11(16(18)19)10(6-8)15-12(17)7-1-3-9(14)5-7/h2,4,6-7,9H,1,3,5,14H2,(H,15,17). The number of nitrogens with zero attached hydrogens (tertiary/aromatic N) is 1. The number of rotatable bonds is 3. The van der Waals surface area contributed by atoms with Gasteiger partial charge in [0.05, 0.1) is 4.92 Å². The maximum atomic E-state index is 12.0. The fraction of sp³-hybridized carbons (Fsp3) is 0.417. The summed E-state index contributed by atoms with van der Waals surface area (Å²) in [6.07, 6.45) is 2.12.